The lowest BCUT2D eigenvalue weighted by atomic mass is 10.1. The van der Waals surface area contributed by atoms with Crippen LogP contribution in [0.15, 0.2) is 30.3 Å². The van der Waals surface area contributed by atoms with Gasteiger partial charge in [-0.25, -0.2) is 9.97 Å². The standard InChI is InChI=1S/C19H22N4O2/c1-12(24)14-7-9-16(10-8-14)23-19(25)17-11-18(21-13(2)20-17)22-15-5-3-4-6-15/h7-11,15H,3-6H2,1-2H3,(H,23,25)(H,20,21,22). The second-order valence-electron chi connectivity index (χ2n) is 6.40. The summed E-state index contributed by atoms with van der Waals surface area (Å²) in [4.78, 5) is 32.4. The molecule has 0 spiro atoms. The molecule has 0 aliphatic heterocycles. The molecule has 6 heteroatoms. The SMILES string of the molecule is CC(=O)c1ccc(NC(=O)c2cc(NC3CCCC3)nc(C)n2)cc1. The van der Waals surface area contributed by atoms with E-state index in [1.165, 1.54) is 19.8 Å². The minimum Gasteiger partial charge on any atom is -0.367 e. The summed E-state index contributed by atoms with van der Waals surface area (Å²) in [6.45, 7) is 3.29. The Morgan fingerprint density at radius 1 is 1.08 bits per heavy atom. The monoisotopic (exact) mass is 338 g/mol. The van der Waals surface area contributed by atoms with Crippen molar-refractivity contribution in [2.24, 2.45) is 0 Å². The van der Waals surface area contributed by atoms with E-state index in [4.69, 9.17) is 0 Å². The van der Waals surface area contributed by atoms with Gasteiger partial charge >= 0.3 is 0 Å². The Hall–Kier alpha value is -2.76. The fourth-order valence-corrected chi connectivity index (χ4v) is 3.02. The molecule has 0 radical (unpaired) electrons. The van der Waals surface area contributed by atoms with E-state index >= 15 is 0 Å². The maximum Gasteiger partial charge on any atom is 0.274 e. The van der Waals surface area contributed by atoms with Gasteiger partial charge in [0.05, 0.1) is 0 Å². The molecule has 25 heavy (non-hydrogen) atoms. The Morgan fingerprint density at radius 2 is 1.76 bits per heavy atom. The number of benzene rings is 1. The summed E-state index contributed by atoms with van der Waals surface area (Å²) in [7, 11) is 0. The number of hydrogen-bond acceptors (Lipinski definition) is 5. The van der Waals surface area contributed by atoms with Gasteiger partial charge in [-0.05, 0) is 51.0 Å². The van der Waals surface area contributed by atoms with Crippen LogP contribution in [0.5, 0.6) is 0 Å². The largest absolute Gasteiger partial charge is 0.367 e. The van der Waals surface area contributed by atoms with Crippen molar-refractivity contribution in [2.45, 2.75) is 45.6 Å². The lowest BCUT2D eigenvalue weighted by Crippen LogP contribution is -2.19. The molecule has 0 atom stereocenters. The molecule has 130 valence electrons. The lowest BCUT2D eigenvalue weighted by molar-refractivity contribution is 0.101. The highest BCUT2D eigenvalue weighted by atomic mass is 16.2. The predicted octanol–water partition coefficient (Wildman–Crippen LogP) is 3.59. The maximum absolute atomic E-state index is 12.5. The van der Waals surface area contributed by atoms with Crippen LogP contribution in [-0.2, 0) is 0 Å². The van der Waals surface area contributed by atoms with Crippen molar-refractivity contribution >= 4 is 23.2 Å². The molecule has 1 aliphatic carbocycles. The molecule has 3 rings (SSSR count). The Labute approximate surface area is 147 Å². The van der Waals surface area contributed by atoms with Crippen molar-refractivity contribution in [1.29, 1.82) is 0 Å². The quantitative estimate of drug-likeness (QED) is 0.814. The van der Waals surface area contributed by atoms with E-state index in [1.807, 2.05) is 0 Å². The Kier molecular flexibility index (Phi) is 5.07. The minimum absolute atomic E-state index is 0.00747. The molecule has 0 bridgehead atoms. The molecular weight excluding hydrogens is 316 g/mol. The van der Waals surface area contributed by atoms with Gasteiger partial charge in [-0.2, -0.15) is 0 Å². The molecule has 1 amide bonds. The molecule has 1 heterocycles. The third-order valence-corrected chi connectivity index (χ3v) is 4.33. The number of aromatic nitrogens is 2. The molecule has 6 nitrogen and oxygen atoms in total. The number of nitrogens with one attached hydrogen (secondary N) is 2. The fraction of sp³-hybridized carbons (Fsp3) is 0.368. The summed E-state index contributed by atoms with van der Waals surface area (Å²) in [5.74, 6) is 0.944. The van der Waals surface area contributed by atoms with Gasteiger partial charge in [-0.1, -0.05) is 12.8 Å². The van der Waals surface area contributed by atoms with Gasteiger partial charge in [0.25, 0.3) is 5.91 Å². The van der Waals surface area contributed by atoms with Crippen LogP contribution in [0.25, 0.3) is 0 Å². The first kappa shape index (κ1) is 17.1. The third kappa shape index (κ3) is 4.41. The van der Waals surface area contributed by atoms with Gasteiger partial charge in [0, 0.05) is 23.4 Å². The van der Waals surface area contributed by atoms with Crippen LogP contribution in [0.2, 0.25) is 0 Å². The highest BCUT2D eigenvalue weighted by Crippen LogP contribution is 2.22. The van der Waals surface area contributed by atoms with Gasteiger partial charge in [-0.15, -0.1) is 0 Å². The molecule has 0 unspecified atom stereocenters. The molecule has 2 N–H and O–H groups in total. The Balaban J connectivity index is 1.72. The molecule has 1 aliphatic rings. The number of carbonyl (C=O) groups is 2. The Morgan fingerprint density at radius 3 is 2.40 bits per heavy atom. The predicted molar refractivity (Wildman–Crippen MR) is 97.0 cm³/mol. The van der Waals surface area contributed by atoms with Gasteiger partial charge in [0.15, 0.2) is 5.78 Å². The summed E-state index contributed by atoms with van der Waals surface area (Å²) in [5, 5.41) is 6.20. The number of carbonyl (C=O) groups excluding carboxylic acids is 2. The van der Waals surface area contributed by atoms with E-state index in [0.29, 0.717) is 34.6 Å². The Bertz CT molecular complexity index is 781. The normalized spacial score (nSPS) is 14.3. The molecule has 1 saturated carbocycles. The van der Waals surface area contributed by atoms with Crippen LogP contribution in [0.4, 0.5) is 11.5 Å². The van der Waals surface area contributed by atoms with Crippen molar-refractivity contribution in [3.05, 3.63) is 47.4 Å². The van der Waals surface area contributed by atoms with Crippen molar-refractivity contribution in [3.8, 4) is 0 Å². The van der Waals surface area contributed by atoms with Crippen LogP contribution >= 0.6 is 0 Å². The summed E-state index contributed by atoms with van der Waals surface area (Å²) in [6, 6.07) is 8.90. The summed E-state index contributed by atoms with van der Waals surface area (Å²) < 4.78 is 0. The van der Waals surface area contributed by atoms with Gasteiger partial charge < -0.3 is 10.6 Å². The smallest absolute Gasteiger partial charge is 0.274 e. The average Bonchev–Trinajstić information content (AvgIpc) is 3.07. The molecule has 1 aromatic carbocycles. The number of ketones is 1. The van der Waals surface area contributed by atoms with E-state index in [1.54, 1.807) is 37.3 Å². The number of amides is 1. The van der Waals surface area contributed by atoms with Crippen LogP contribution in [0, 0.1) is 6.92 Å². The minimum atomic E-state index is -0.296. The highest BCUT2D eigenvalue weighted by Gasteiger charge is 2.17. The number of anilines is 2. The van der Waals surface area contributed by atoms with E-state index in [2.05, 4.69) is 20.6 Å². The zero-order valence-electron chi connectivity index (χ0n) is 14.5. The van der Waals surface area contributed by atoms with E-state index < -0.39 is 0 Å². The number of Topliss-reactive ketones (excluding diaryl/α,β-unsaturated/α-hetero) is 1. The van der Waals surface area contributed by atoms with Gasteiger partial charge in [-0.3, -0.25) is 9.59 Å². The third-order valence-electron chi connectivity index (χ3n) is 4.33. The molecule has 1 aromatic heterocycles. The van der Waals surface area contributed by atoms with Crippen molar-refractivity contribution in [2.75, 3.05) is 10.6 Å². The molecule has 1 fully saturated rings. The summed E-state index contributed by atoms with van der Waals surface area (Å²) in [5.41, 5.74) is 1.55. The number of hydrogen-bond donors (Lipinski definition) is 2. The van der Waals surface area contributed by atoms with Crippen molar-refractivity contribution in [3.63, 3.8) is 0 Å². The zero-order chi connectivity index (χ0) is 17.8. The van der Waals surface area contributed by atoms with Crippen LogP contribution in [0.1, 0.15) is 59.3 Å². The van der Waals surface area contributed by atoms with Gasteiger partial charge in [0.2, 0.25) is 0 Å². The molecule has 2 aromatic rings. The second-order valence-corrected chi connectivity index (χ2v) is 6.40. The first-order valence-corrected chi connectivity index (χ1v) is 8.56. The maximum atomic E-state index is 12.5. The van der Waals surface area contributed by atoms with Gasteiger partial charge in [0.1, 0.15) is 17.3 Å². The van der Waals surface area contributed by atoms with E-state index in [0.717, 1.165) is 12.8 Å². The summed E-state index contributed by atoms with van der Waals surface area (Å²) >= 11 is 0. The van der Waals surface area contributed by atoms with Crippen molar-refractivity contribution < 1.29 is 9.59 Å². The van der Waals surface area contributed by atoms with Crippen molar-refractivity contribution in [1.82, 2.24) is 9.97 Å². The zero-order valence-corrected chi connectivity index (χ0v) is 14.5. The van der Waals surface area contributed by atoms with E-state index in [9.17, 15) is 9.59 Å². The van der Waals surface area contributed by atoms with Crippen LogP contribution in [-0.4, -0.2) is 27.7 Å². The first-order valence-electron chi connectivity index (χ1n) is 8.56. The fourth-order valence-electron chi connectivity index (χ4n) is 3.02. The average molecular weight is 338 g/mol. The number of nitrogens with zero attached hydrogens (tertiary/aromatic N) is 2. The summed E-state index contributed by atoms with van der Waals surface area (Å²) in [6.07, 6.45) is 4.72. The number of rotatable bonds is 5. The highest BCUT2D eigenvalue weighted by molar-refractivity contribution is 6.03. The lowest BCUT2D eigenvalue weighted by Gasteiger charge is -2.14. The molecule has 0 saturated heterocycles. The molecular formula is C19H22N4O2. The first-order chi connectivity index (χ1) is 12.0. The van der Waals surface area contributed by atoms with Crippen LogP contribution < -0.4 is 10.6 Å². The topological polar surface area (TPSA) is 84.0 Å². The van der Waals surface area contributed by atoms with E-state index in [-0.39, 0.29) is 11.7 Å². The van der Waals surface area contributed by atoms with Crippen LogP contribution in [0.3, 0.4) is 0 Å². The second kappa shape index (κ2) is 7.42. The number of aryl methyl sites for hydroxylation is 1.